The summed E-state index contributed by atoms with van der Waals surface area (Å²) in [6.45, 7) is 1.97. The van der Waals surface area contributed by atoms with Gasteiger partial charge in [0.15, 0.2) is 0 Å². The monoisotopic (exact) mass is 526 g/mol. The van der Waals surface area contributed by atoms with Crippen molar-refractivity contribution in [1.29, 1.82) is 0 Å². The molecule has 0 amide bonds. The summed E-state index contributed by atoms with van der Waals surface area (Å²) in [4.78, 5) is 0. The van der Waals surface area contributed by atoms with Gasteiger partial charge in [-0.2, -0.15) is 57.1 Å². The molecular formula is C19H19F13O2. The third kappa shape index (κ3) is 5.33. The van der Waals surface area contributed by atoms with Crippen LogP contribution in [0.2, 0.25) is 0 Å². The van der Waals surface area contributed by atoms with E-state index in [-0.39, 0.29) is 17.9 Å². The van der Waals surface area contributed by atoms with Gasteiger partial charge in [-0.1, -0.05) is 25.5 Å². The Morgan fingerprint density at radius 1 is 0.765 bits per heavy atom. The number of rotatable bonds is 12. The molecule has 1 aromatic rings. The molecule has 0 aliphatic carbocycles. The summed E-state index contributed by atoms with van der Waals surface area (Å²) in [5.74, 6) is -37.1. The zero-order valence-corrected chi connectivity index (χ0v) is 17.4. The van der Waals surface area contributed by atoms with Crippen LogP contribution in [-0.2, 0) is 4.74 Å². The quantitative estimate of drug-likeness (QED) is 0.206. The fourth-order valence-corrected chi connectivity index (χ4v) is 2.64. The van der Waals surface area contributed by atoms with Crippen LogP contribution in [0.5, 0.6) is 5.75 Å². The summed E-state index contributed by atoms with van der Waals surface area (Å²) in [5.41, 5.74) is -0.373. The van der Waals surface area contributed by atoms with Gasteiger partial charge in [0.05, 0.1) is 12.7 Å². The molecule has 0 aliphatic rings. The molecule has 0 aromatic heterocycles. The van der Waals surface area contributed by atoms with Crippen LogP contribution >= 0.6 is 0 Å². The Bertz CT molecular complexity index is 806. The number of hydrogen-bond donors (Lipinski definition) is 0. The van der Waals surface area contributed by atoms with Crippen molar-refractivity contribution in [3.8, 4) is 5.75 Å². The Labute approximate surface area is 185 Å². The number of methoxy groups -OCH3 is 1. The van der Waals surface area contributed by atoms with E-state index in [9.17, 15) is 57.1 Å². The maximum absolute atomic E-state index is 14.2. The standard InChI is InChI=1S/C19H19F13O2/c1-3-4-8-34-12-7-5-6-11(9-12)13(33-2)10-14(20,21)15(22,23)16(24,25)17(26,27)18(28,29)19(30,31)32/h5-7,9,13H,3-4,8,10H2,1-2H3. The Morgan fingerprint density at radius 3 is 1.76 bits per heavy atom. The van der Waals surface area contributed by atoms with Crippen LogP contribution < -0.4 is 4.74 Å². The van der Waals surface area contributed by atoms with E-state index in [0.717, 1.165) is 12.1 Å². The van der Waals surface area contributed by atoms with Crippen LogP contribution in [0.15, 0.2) is 24.3 Å². The van der Waals surface area contributed by atoms with E-state index in [1.807, 2.05) is 6.92 Å². The predicted octanol–water partition coefficient (Wildman–Crippen LogP) is 7.68. The minimum Gasteiger partial charge on any atom is -0.494 e. The van der Waals surface area contributed by atoms with E-state index < -0.39 is 48.3 Å². The molecule has 0 fully saturated rings. The first-order valence-corrected chi connectivity index (χ1v) is 9.42. The summed E-state index contributed by atoms with van der Waals surface area (Å²) in [7, 11) is 0.661. The van der Waals surface area contributed by atoms with Crippen LogP contribution in [0, 0.1) is 0 Å². The number of benzene rings is 1. The highest BCUT2D eigenvalue weighted by atomic mass is 19.4. The largest absolute Gasteiger partial charge is 0.494 e. The second-order valence-corrected chi connectivity index (χ2v) is 7.20. The van der Waals surface area contributed by atoms with Gasteiger partial charge in [0, 0.05) is 13.5 Å². The zero-order chi connectivity index (χ0) is 26.8. The molecule has 1 unspecified atom stereocenters. The van der Waals surface area contributed by atoms with Crippen LogP contribution in [0.3, 0.4) is 0 Å². The smallest absolute Gasteiger partial charge is 0.460 e. The van der Waals surface area contributed by atoms with Crippen LogP contribution in [0.25, 0.3) is 0 Å². The lowest BCUT2D eigenvalue weighted by molar-refractivity contribution is -0.440. The van der Waals surface area contributed by atoms with E-state index >= 15 is 0 Å². The minimum absolute atomic E-state index is 0.0183. The lowest BCUT2D eigenvalue weighted by Crippen LogP contribution is -2.70. The summed E-state index contributed by atoms with van der Waals surface area (Å²) >= 11 is 0. The fourth-order valence-electron chi connectivity index (χ4n) is 2.64. The maximum atomic E-state index is 14.2. The van der Waals surface area contributed by atoms with Crippen molar-refractivity contribution in [3.05, 3.63) is 29.8 Å². The molecule has 0 saturated carbocycles. The van der Waals surface area contributed by atoms with Gasteiger partial charge in [0.1, 0.15) is 5.75 Å². The Morgan fingerprint density at radius 2 is 1.29 bits per heavy atom. The molecule has 0 heterocycles. The van der Waals surface area contributed by atoms with Crippen molar-refractivity contribution in [2.45, 2.75) is 68.1 Å². The number of halogens is 13. The summed E-state index contributed by atoms with van der Waals surface area (Å²) in [6, 6.07) is 4.47. The SMILES string of the molecule is CCCCOc1cccc(C(CC(F)(F)C(F)(F)C(F)(F)C(F)(F)C(F)(F)C(F)(F)F)OC)c1. The highest BCUT2D eigenvalue weighted by Crippen LogP contribution is 2.61. The van der Waals surface area contributed by atoms with E-state index in [1.54, 1.807) is 0 Å². The van der Waals surface area contributed by atoms with Gasteiger partial charge in [0.25, 0.3) is 0 Å². The van der Waals surface area contributed by atoms with E-state index in [1.165, 1.54) is 12.1 Å². The van der Waals surface area contributed by atoms with E-state index in [0.29, 0.717) is 20.0 Å². The van der Waals surface area contributed by atoms with Crippen molar-refractivity contribution in [2.24, 2.45) is 0 Å². The van der Waals surface area contributed by atoms with Crippen molar-refractivity contribution in [1.82, 2.24) is 0 Å². The van der Waals surface area contributed by atoms with Crippen molar-refractivity contribution < 1.29 is 66.5 Å². The molecule has 1 rings (SSSR count). The second-order valence-electron chi connectivity index (χ2n) is 7.20. The summed E-state index contributed by atoms with van der Waals surface area (Å²) in [6.07, 6.45) is -10.8. The lowest BCUT2D eigenvalue weighted by atomic mass is 9.90. The third-order valence-electron chi connectivity index (χ3n) is 4.72. The predicted molar refractivity (Wildman–Crippen MR) is 92.0 cm³/mol. The molecule has 0 N–H and O–H groups in total. The van der Waals surface area contributed by atoms with Crippen LogP contribution in [0.4, 0.5) is 57.1 Å². The molecule has 0 spiro atoms. The van der Waals surface area contributed by atoms with Crippen molar-refractivity contribution in [2.75, 3.05) is 13.7 Å². The topological polar surface area (TPSA) is 18.5 Å². The first-order chi connectivity index (χ1) is 15.2. The zero-order valence-electron chi connectivity index (χ0n) is 17.4. The molecule has 34 heavy (non-hydrogen) atoms. The van der Waals surface area contributed by atoms with Gasteiger partial charge < -0.3 is 9.47 Å². The normalized spacial score (nSPS) is 15.4. The minimum atomic E-state index is -7.93. The van der Waals surface area contributed by atoms with Crippen molar-refractivity contribution in [3.63, 3.8) is 0 Å². The molecule has 15 heteroatoms. The van der Waals surface area contributed by atoms with Gasteiger partial charge in [-0.25, -0.2) is 0 Å². The number of ether oxygens (including phenoxy) is 2. The van der Waals surface area contributed by atoms with Gasteiger partial charge in [0.2, 0.25) is 0 Å². The molecular weight excluding hydrogens is 507 g/mol. The highest BCUT2D eigenvalue weighted by Gasteiger charge is 2.90. The highest BCUT2D eigenvalue weighted by molar-refractivity contribution is 5.30. The fraction of sp³-hybridized carbons (Fsp3) is 0.684. The van der Waals surface area contributed by atoms with Crippen LogP contribution in [-0.4, -0.2) is 49.5 Å². The van der Waals surface area contributed by atoms with Gasteiger partial charge in [-0.15, -0.1) is 0 Å². The first-order valence-electron chi connectivity index (χ1n) is 9.42. The molecule has 0 aliphatic heterocycles. The second kappa shape index (κ2) is 9.97. The molecule has 1 aromatic carbocycles. The molecule has 1 atom stereocenters. The van der Waals surface area contributed by atoms with Crippen LogP contribution in [0.1, 0.15) is 37.9 Å². The Hall–Kier alpha value is -1.93. The molecule has 0 saturated heterocycles. The summed E-state index contributed by atoms with van der Waals surface area (Å²) < 4.78 is 182. The number of hydrogen-bond acceptors (Lipinski definition) is 2. The Balaban J connectivity index is 3.32. The lowest BCUT2D eigenvalue weighted by Gasteiger charge is -2.40. The van der Waals surface area contributed by atoms with E-state index in [4.69, 9.17) is 4.74 Å². The van der Waals surface area contributed by atoms with Gasteiger partial charge in [-0.05, 0) is 24.1 Å². The average molecular weight is 526 g/mol. The number of unbranched alkanes of at least 4 members (excludes halogenated alkanes) is 1. The third-order valence-corrected chi connectivity index (χ3v) is 4.72. The molecule has 2 nitrogen and oxygen atoms in total. The number of alkyl halides is 13. The molecule has 198 valence electrons. The maximum Gasteiger partial charge on any atom is 0.460 e. The molecule has 0 radical (unpaired) electrons. The van der Waals surface area contributed by atoms with Gasteiger partial charge >= 0.3 is 35.8 Å². The first kappa shape index (κ1) is 30.1. The summed E-state index contributed by atoms with van der Waals surface area (Å²) in [5, 5.41) is 0. The molecule has 0 bridgehead atoms. The van der Waals surface area contributed by atoms with E-state index in [2.05, 4.69) is 4.74 Å². The van der Waals surface area contributed by atoms with Crippen molar-refractivity contribution >= 4 is 0 Å². The Kier molecular flexibility index (Phi) is 8.83. The van der Waals surface area contributed by atoms with Gasteiger partial charge in [-0.3, -0.25) is 0 Å². The average Bonchev–Trinajstić information content (AvgIpc) is 2.71.